The molecule has 3 saturated heterocycles. The van der Waals surface area contributed by atoms with Crippen molar-refractivity contribution in [3.63, 3.8) is 0 Å². The Bertz CT molecular complexity index is 537. The molecule has 6 atom stereocenters. The van der Waals surface area contributed by atoms with Crippen molar-refractivity contribution >= 4 is 22.6 Å². The highest BCUT2D eigenvalue weighted by molar-refractivity contribution is 14.1. The monoisotopic (exact) mass is 418 g/mol. The van der Waals surface area contributed by atoms with Crippen molar-refractivity contribution < 1.29 is 23.7 Å². The Balaban J connectivity index is 1.59. The highest BCUT2D eigenvalue weighted by Crippen LogP contribution is 2.45. The first-order valence-electron chi connectivity index (χ1n) is 7.50. The van der Waals surface area contributed by atoms with Crippen LogP contribution in [0.3, 0.4) is 0 Å². The average Bonchev–Trinajstić information content (AvgIpc) is 2.99. The lowest BCUT2D eigenvalue weighted by atomic mass is 10.0. The van der Waals surface area contributed by atoms with Gasteiger partial charge in [-0.1, -0.05) is 52.9 Å². The number of fused-ring (bicyclic) bond motifs is 3. The molecule has 0 unspecified atom stereocenters. The Morgan fingerprint density at radius 1 is 0.955 bits per heavy atom. The predicted molar refractivity (Wildman–Crippen MR) is 86.5 cm³/mol. The number of alkyl halides is 1. The van der Waals surface area contributed by atoms with E-state index in [0.29, 0.717) is 0 Å². The summed E-state index contributed by atoms with van der Waals surface area (Å²) >= 11 is 2.32. The maximum Gasteiger partial charge on any atom is 0.190 e. The van der Waals surface area contributed by atoms with Crippen LogP contribution in [0.4, 0.5) is 0 Å². The van der Waals surface area contributed by atoms with Gasteiger partial charge in [-0.3, -0.25) is 0 Å². The molecule has 3 aliphatic rings. The predicted octanol–water partition coefficient (Wildman–Crippen LogP) is 2.78. The zero-order chi connectivity index (χ0) is 15.3. The van der Waals surface area contributed by atoms with Gasteiger partial charge in [-0.05, 0) is 13.8 Å². The number of hydrogen-bond acceptors (Lipinski definition) is 5. The Morgan fingerprint density at radius 2 is 1.73 bits per heavy atom. The highest BCUT2D eigenvalue weighted by atomic mass is 127. The molecule has 0 aliphatic carbocycles. The fourth-order valence-corrected chi connectivity index (χ4v) is 3.97. The first-order chi connectivity index (χ1) is 10.6. The molecule has 1 aromatic carbocycles. The van der Waals surface area contributed by atoms with Gasteiger partial charge < -0.3 is 23.7 Å². The lowest BCUT2D eigenvalue weighted by molar-refractivity contribution is -0.305. The van der Waals surface area contributed by atoms with Crippen molar-refractivity contribution in [1.29, 1.82) is 0 Å². The zero-order valence-corrected chi connectivity index (χ0v) is 14.6. The van der Waals surface area contributed by atoms with Crippen LogP contribution >= 0.6 is 22.6 Å². The summed E-state index contributed by atoms with van der Waals surface area (Å²) in [6.07, 6.45) is -1.34. The van der Waals surface area contributed by atoms with E-state index in [-0.39, 0.29) is 30.7 Å². The minimum atomic E-state index is -0.635. The number of rotatable bonds is 2. The third-order valence-corrected chi connectivity index (χ3v) is 5.06. The van der Waals surface area contributed by atoms with Gasteiger partial charge in [-0.25, -0.2) is 0 Å². The lowest BCUT2D eigenvalue weighted by Crippen LogP contribution is -2.50. The highest BCUT2D eigenvalue weighted by Gasteiger charge is 2.59. The Labute approximate surface area is 143 Å². The summed E-state index contributed by atoms with van der Waals surface area (Å²) in [4.78, 5) is 0. The fourth-order valence-electron chi connectivity index (χ4n) is 3.26. The smallest absolute Gasteiger partial charge is 0.190 e. The van der Waals surface area contributed by atoms with Crippen molar-refractivity contribution in [3.8, 4) is 0 Å². The first-order valence-corrected chi connectivity index (χ1v) is 9.03. The van der Waals surface area contributed by atoms with E-state index in [1.54, 1.807) is 0 Å². The number of benzene rings is 1. The Kier molecular flexibility index (Phi) is 3.95. The normalized spacial score (nSPS) is 42.9. The van der Waals surface area contributed by atoms with E-state index in [0.717, 1.165) is 9.99 Å². The molecule has 5 nitrogen and oxygen atoms in total. The molecular weight excluding hydrogens is 399 g/mol. The lowest BCUT2D eigenvalue weighted by Gasteiger charge is -2.39. The van der Waals surface area contributed by atoms with E-state index >= 15 is 0 Å². The van der Waals surface area contributed by atoms with Gasteiger partial charge in [0.1, 0.15) is 18.3 Å². The number of halogens is 1. The number of ether oxygens (including phenoxy) is 5. The van der Waals surface area contributed by atoms with Gasteiger partial charge >= 0.3 is 0 Å². The summed E-state index contributed by atoms with van der Waals surface area (Å²) in [5.41, 5.74) is 1.01. The van der Waals surface area contributed by atoms with Crippen LogP contribution in [0.25, 0.3) is 0 Å². The van der Waals surface area contributed by atoms with Crippen LogP contribution in [0.2, 0.25) is 0 Å². The third kappa shape index (κ3) is 2.59. The molecule has 0 bridgehead atoms. The minimum absolute atomic E-state index is 0.0366. The summed E-state index contributed by atoms with van der Waals surface area (Å²) < 4.78 is 30.9. The second kappa shape index (κ2) is 5.68. The maximum atomic E-state index is 6.18. The molecule has 0 aromatic heterocycles. The van der Waals surface area contributed by atoms with Crippen molar-refractivity contribution in [2.75, 3.05) is 4.43 Å². The average molecular weight is 418 g/mol. The van der Waals surface area contributed by atoms with Crippen molar-refractivity contribution in [2.45, 2.75) is 56.6 Å². The van der Waals surface area contributed by atoms with E-state index in [4.69, 9.17) is 23.7 Å². The van der Waals surface area contributed by atoms with Crippen molar-refractivity contribution in [1.82, 2.24) is 0 Å². The van der Waals surface area contributed by atoms with Crippen LogP contribution in [0.1, 0.15) is 25.7 Å². The van der Waals surface area contributed by atoms with E-state index in [2.05, 4.69) is 22.6 Å². The second-order valence-corrected chi connectivity index (χ2v) is 7.12. The van der Waals surface area contributed by atoms with E-state index < -0.39 is 12.1 Å². The van der Waals surface area contributed by atoms with Gasteiger partial charge in [-0.2, -0.15) is 0 Å². The second-order valence-electron chi connectivity index (χ2n) is 6.24. The molecule has 6 heteroatoms. The summed E-state index contributed by atoms with van der Waals surface area (Å²) in [6, 6.07) is 9.98. The molecule has 0 saturated carbocycles. The van der Waals surface area contributed by atoms with Gasteiger partial charge in [0.15, 0.2) is 18.4 Å². The van der Waals surface area contributed by atoms with Crippen molar-refractivity contribution in [2.24, 2.45) is 0 Å². The van der Waals surface area contributed by atoms with E-state index in [9.17, 15) is 0 Å². The van der Waals surface area contributed by atoms with Gasteiger partial charge in [0.25, 0.3) is 0 Å². The van der Waals surface area contributed by atoms with E-state index in [1.807, 2.05) is 44.2 Å². The summed E-state index contributed by atoms with van der Waals surface area (Å²) in [5.74, 6) is -0.635. The van der Waals surface area contributed by atoms with Crippen LogP contribution in [0.5, 0.6) is 0 Å². The Hall–Kier alpha value is -0.250. The summed E-state index contributed by atoms with van der Waals surface area (Å²) in [5, 5.41) is 0. The molecular formula is C16H19IO5. The molecule has 1 aromatic rings. The molecule has 0 spiro atoms. The van der Waals surface area contributed by atoms with E-state index in [1.165, 1.54) is 0 Å². The van der Waals surface area contributed by atoms with Crippen LogP contribution in [-0.4, -0.2) is 40.9 Å². The Morgan fingerprint density at radius 3 is 2.45 bits per heavy atom. The molecule has 0 N–H and O–H groups in total. The molecule has 0 radical (unpaired) electrons. The maximum absolute atomic E-state index is 6.18. The molecule has 0 amide bonds. The molecule has 4 rings (SSSR count). The molecule has 22 heavy (non-hydrogen) atoms. The molecule has 3 aliphatic heterocycles. The van der Waals surface area contributed by atoms with Gasteiger partial charge in [0.2, 0.25) is 0 Å². The summed E-state index contributed by atoms with van der Waals surface area (Å²) in [6.45, 7) is 3.79. The topological polar surface area (TPSA) is 46.2 Å². The van der Waals surface area contributed by atoms with Gasteiger partial charge in [-0.15, -0.1) is 0 Å². The van der Waals surface area contributed by atoms with Gasteiger partial charge in [0, 0.05) is 9.99 Å². The number of hydrogen-bond donors (Lipinski definition) is 0. The van der Waals surface area contributed by atoms with Crippen LogP contribution < -0.4 is 0 Å². The molecule has 3 heterocycles. The van der Waals surface area contributed by atoms with Crippen LogP contribution in [-0.2, 0) is 23.7 Å². The summed E-state index contributed by atoms with van der Waals surface area (Å²) in [7, 11) is 0. The standard InChI is InChI=1S/C16H19IO5/c1-16(2)21-13-12-11(19-15(13)22-16)10(8-17)18-14(20-12)9-6-4-3-5-7-9/h3-7,10-15H,8H2,1-2H3/t10-,11-,12+,13-,14-,15-/m1/s1. The largest absolute Gasteiger partial charge is 0.341 e. The van der Waals surface area contributed by atoms with Gasteiger partial charge in [0.05, 0.1) is 6.10 Å². The first kappa shape index (κ1) is 15.3. The van der Waals surface area contributed by atoms with Crippen molar-refractivity contribution in [3.05, 3.63) is 35.9 Å². The minimum Gasteiger partial charge on any atom is -0.341 e. The fraction of sp³-hybridized carbons (Fsp3) is 0.625. The third-order valence-electron chi connectivity index (χ3n) is 4.20. The van der Waals surface area contributed by atoms with Crippen LogP contribution in [0.15, 0.2) is 30.3 Å². The quantitative estimate of drug-likeness (QED) is 0.546. The SMILES string of the molecule is CC1(C)O[C@H]2O[C@H]3[C@H](O[C@H](c4ccccc4)O[C@@H]3CI)[C@H]2O1. The molecule has 3 fully saturated rings. The molecule has 120 valence electrons. The zero-order valence-electron chi connectivity index (χ0n) is 12.5. The van der Waals surface area contributed by atoms with Crippen LogP contribution in [0, 0.1) is 0 Å².